The fourth-order valence-corrected chi connectivity index (χ4v) is 2.48. The Morgan fingerprint density at radius 1 is 1.18 bits per heavy atom. The Bertz CT molecular complexity index is 745. The first-order valence-corrected chi connectivity index (χ1v) is 7.50. The summed E-state index contributed by atoms with van der Waals surface area (Å²) in [5.41, 5.74) is 1.43. The summed E-state index contributed by atoms with van der Waals surface area (Å²) >= 11 is 1.35. The van der Waals surface area contributed by atoms with E-state index in [1.54, 1.807) is 17.6 Å². The topological polar surface area (TPSA) is 79.8 Å². The largest absolute Gasteiger partial charge is 0.347 e. The van der Waals surface area contributed by atoms with Crippen LogP contribution in [0.5, 0.6) is 0 Å². The van der Waals surface area contributed by atoms with Gasteiger partial charge >= 0.3 is 0 Å². The van der Waals surface area contributed by atoms with E-state index in [9.17, 15) is 4.79 Å². The summed E-state index contributed by atoms with van der Waals surface area (Å²) in [5.74, 6) is 0.441. The first-order valence-electron chi connectivity index (χ1n) is 6.62. The molecule has 7 heteroatoms. The lowest BCUT2D eigenvalue weighted by Crippen LogP contribution is -2.23. The van der Waals surface area contributed by atoms with Gasteiger partial charge in [-0.05, 0) is 11.6 Å². The molecule has 1 aromatic carbocycles. The molecule has 2 heterocycles. The lowest BCUT2D eigenvalue weighted by Gasteiger charge is -2.03. The highest BCUT2D eigenvalue weighted by molar-refractivity contribution is 7.14. The second kappa shape index (κ2) is 6.77. The van der Waals surface area contributed by atoms with Gasteiger partial charge in [0.1, 0.15) is 17.8 Å². The molecule has 22 heavy (non-hydrogen) atoms. The first kappa shape index (κ1) is 14.2. The molecule has 2 aromatic heterocycles. The van der Waals surface area contributed by atoms with E-state index in [1.807, 2.05) is 30.3 Å². The number of hydrogen-bond acceptors (Lipinski definition) is 6. The standard InChI is InChI=1S/C15H13N5OS/c21-14(17-8-11-4-2-1-3-5-11)12-9-22-15(19-12)20-13-6-7-16-10-18-13/h1-7,9-10H,8H2,(H,17,21)(H,16,18,19,20). The maximum Gasteiger partial charge on any atom is 0.271 e. The molecule has 0 spiro atoms. The average Bonchev–Trinajstić information content (AvgIpc) is 3.03. The van der Waals surface area contributed by atoms with Crippen LogP contribution in [0.4, 0.5) is 10.9 Å². The lowest BCUT2D eigenvalue weighted by molar-refractivity contribution is 0.0946. The quantitative estimate of drug-likeness (QED) is 0.757. The predicted octanol–water partition coefficient (Wildman–Crippen LogP) is 2.61. The monoisotopic (exact) mass is 311 g/mol. The van der Waals surface area contributed by atoms with Gasteiger partial charge in [-0.2, -0.15) is 0 Å². The molecule has 0 unspecified atom stereocenters. The fourth-order valence-electron chi connectivity index (χ4n) is 1.78. The van der Waals surface area contributed by atoms with Crippen molar-refractivity contribution in [2.75, 3.05) is 5.32 Å². The molecule has 1 amide bonds. The number of nitrogens with zero attached hydrogens (tertiary/aromatic N) is 3. The van der Waals surface area contributed by atoms with E-state index in [1.165, 1.54) is 17.7 Å². The number of rotatable bonds is 5. The summed E-state index contributed by atoms with van der Waals surface area (Å²) in [5, 5.41) is 8.20. The van der Waals surface area contributed by atoms with Crippen LogP contribution in [0.15, 0.2) is 54.3 Å². The van der Waals surface area contributed by atoms with Crippen LogP contribution in [-0.2, 0) is 6.54 Å². The summed E-state index contributed by atoms with van der Waals surface area (Å²) in [6.07, 6.45) is 3.08. The van der Waals surface area contributed by atoms with E-state index in [2.05, 4.69) is 25.6 Å². The summed E-state index contributed by atoms with van der Waals surface area (Å²) in [6, 6.07) is 11.5. The van der Waals surface area contributed by atoms with Crippen molar-refractivity contribution in [1.29, 1.82) is 0 Å². The molecular weight excluding hydrogens is 298 g/mol. The van der Waals surface area contributed by atoms with Crippen LogP contribution in [0.3, 0.4) is 0 Å². The molecule has 6 nitrogen and oxygen atoms in total. The van der Waals surface area contributed by atoms with Crippen molar-refractivity contribution < 1.29 is 4.79 Å². The van der Waals surface area contributed by atoms with Gasteiger partial charge in [0.15, 0.2) is 5.13 Å². The molecule has 2 N–H and O–H groups in total. The van der Waals surface area contributed by atoms with Crippen LogP contribution in [0.25, 0.3) is 0 Å². The smallest absolute Gasteiger partial charge is 0.271 e. The lowest BCUT2D eigenvalue weighted by atomic mass is 10.2. The SMILES string of the molecule is O=C(NCc1ccccc1)c1csc(Nc2ccncn2)n1. The van der Waals surface area contributed by atoms with E-state index >= 15 is 0 Å². The molecule has 3 rings (SSSR count). The number of carbonyl (C=O) groups is 1. The van der Waals surface area contributed by atoms with Gasteiger partial charge in [-0.3, -0.25) is 4.79 Å². The van der Waals surface area contributed by atoms with Crippen molar-refractivity contribution in [3.63, 3.8) is 0 Å². The summed E-state index contributed by atoms with van der Waals surface area (Å²) in [4.78, 5) is 24.2. The van der Waals surface area contributed by atoms with Gasteiger partial charge < -0.3 is 10.6 Å². The van der Waals surface area contributed by atoms with Gasteiger partial charge in [-0.25, -0.2) is 15.0 Å². The van der Waals surface area contributed by atoms with Crippen molar-refractivity contribution in [2.24, 2.45) is 0 Å². The zero-order valence-corrected chi connectivity index (χ0v) is 12.4. The second-order valence-corrected chi connectivity index (χ2v) is 5.28. The molecule has 0 aliphatic carbocycles. The fraction of sp³-hybridized carbons (Fsp3) is 0.0667. The van der Waals surface area contributed by atoms with Crippen LogP contribution in [-0.4, -0.2) is 20.9 Å². The molecule has 110 valence electrons. The van der Waals surface area contributed by atoms with Crippen molar-refractivity contribution in [2.45, 2.75) is 6.54 Å². The van der Waals surface area contributed by atoms with Gasteiger partial charge in [-0.1, -0.05) is 30.3 Å². The molecule has 0 saturated heterocycles. The van der Waals surface area contributed by atoms with Crippen molar-refractivity contribution in [1.82, 2.24) is 20.3 Å². The Morgan fingerprint density at radius 3 is 2.82 bits per heavy atom. The predicted molar refractivity (Wildman–Crippen MR) is 85.0 cm³/mol. The molecule has 0 aliphatic heterocycles. The Kier molecular flexibility index (Phi) is 4.35. The summed E-state index contributed by atoms with van der Waals surface area (Å²) in [7, 11) is 0. The minimum absolute atomic E-state index is 0.198. The van der Waals surface area contributed by atoms with Crippen LogP contribution in [0.2, 0.25) is 0 Å². The summed E-state index contributed by atoms with van der Waals surface area (Å²) in [6.45, 7) is 0.478. The number of aromatic nitrogens is 3. The highest BCUT2D eigenvalue weighted by Gasteiger charge is 2.10. The Balaban J connectivity index is 1.60. The second-order valence-electron chi connectivity index (χ2n) is 4.43. The van der Waals surface area contributed by atoms with E-state index in [0.29, 0.717) is 23.2 Å². The molecular formula is C15H13N5OS. The highest BCUT2D eigenvalue weighted by Crippen LogP contribution is 2.19. The van der Waals surface area contributed by atoms with Crippen LogP contribution < -0.4 is 10.6 Å². The number of anilines is 2. The minimum atomic E-state index is -0.198. The third kappa shape index (κ3) is 3.64. The number of benzene rings is 1. The first-order chi connectivity index (χ1) is 10.8. The van der Waals surface area contributed by atoms with Gasteiger partial charge in [0.2, 0.25) is 0 Å². The van der Waals surface area contributed by atoms with Gasteiger partial charge in [0.05, 0.1) is 0 Å². The van der Waals surface area contributed by atoms with Gasteiger partial charge in [-0.15, -0.1) is 11.3 Å². The Labute approximate surface area is 131 Å². The number of thiazole rings is 1. The van der Waals surface area contributed by atoms with E-state index < -0.39 is 0 Å². The molecule has 3 aromatic rings. The van der Waals surface area contributed by atoms with E-state index in [-0.39, 0.29) is 5.91 Å². The Morgan fingerprint density at radius 2 is 2.05 bits per heavy atom. The molecule has 0 radical (unpaired) electrons. The average molecular weight is 311 g/mol. The minimum Gasteiger partial charge on any atom is -0.347 e. The third-order valence-corrected chi connectivity index (χ3v) is 3.61. The van der Waals surface area contributed by atoms with Crippen molar-refractivity contribution >= 4 is 28.2 Å². The molecule has 0 atom stereocenters. The van der Waals surface area contributed by atoms with E-state index in [0.717, 1.165) is 5.56 Å². The molecule has 0 bridgehead atoms. The van der Waals surface area contributed by atoms with E-state index in [4.69, 9.17) is 0 Å². The van der Waals surface area contributed by atoms with Gasteiger partial charge in [0, 0.05) is 18.1 Å². The van der Waals surface area contributed by atoms with Crippen LogP contribution >= 0.6 is 11.3 Å². The molecule has 0 fully saturated rings. The number of carbonyl (C=O) groups excluding carboxylic acids is 1. The number of nitrogens with one attached hydrogen (secondary N) is 2. The van der Waals surface area contributed by atoms with Crippen LogP contribution in [0, 0.1) is 0 Å². The number of amides is 1. The van der Waals surface area contributed by atoms with Gasteiger partial charge in [0.25, 0.3) is 5.91 Å². The molecule has 0 aliphatic rings. The Hall–Kier alpha value is -2.80. The highest BCUT2D eigenvalue weighted by atomic mass is 32.1. The van der Waals surface area contributed by atoms with Crippen LogP contribution in [0.1, 0.15) is 16.1 Å². The third-order valence-electron chi connectivity index (χ3n) is 2.85. The number of hydrogen-bond donors (Lipinski definition) is 2. The maximum absolute atomic E-state index is 12.1. The zero-order valence-electron chi connectivity index (χ0n) is 11.6. The normalized spacial score (nSPS) is 10.2. The molecule has 0 saturated carbocycles. The maximum atomic E-state index is 12.1. The zero-order chi connectivity index (χ0) is 15.2. The van der Waals surface area contributed by atoms with Crippen molar-refractivity contribution in [3.05, 3.63) is 65.6 Å². The summed E-state index contributed by atoms with van der Waals surface area (Å²) < 4.78 is 0. The van der Waals surface area contributed by atoms with Crippen molar-refractivity contribution in [3.8, 4) is 0 Å².